The van der Waals surface area contributed by atoms with Gasteiger partial charge in [-0.2, -0.15) is 0 Å². The van der Waals surface area contributed by atoms with Gasteiger partial charge in [-0.25, -0.2) is 4.98 Å². The normalized spacial score (nSPS) is 12.6. The van der Waals surface area contributed by atoms with Crippen molar-refractivity contribution in [2.75, 3.05) is 6.54 Å². The van der Waals surface area contributed by atoms with Crippen LogP contribution in [-0.4, -0.2) is 16.1 Å². The minimum atomic E-state index is -0.0657. The molecular weight excluding hydrogens is 266 g/mol. The van der Waals surface area contributed by atoms with Gasteiger partial charge in [0.05, 0.1) is 12.4 Å². The van der Waals surface area contributed by atoms with Gasteiger partial charge in [0.1, 0.15) is 11.3 Å². The van der Waals surface area contributed by atoms with Crippen LogP contribution in [0.4, 0.5) is 0 Å². The Hall–Kier alpha value is -2.40. The molecule has 0 bridgehead atoms. The van der Waals surface area contributed by atoms with Crippen LogP contribution in [0.2, 0.25) is 0 Å². The van der Waals surface area contributed by atoms with E-state index in [1.807, 2.05) is 37.3 Å². The zero-order valence-corrected chi connectivity index (χ0v) is 11.8. The lowest BCUT2D eigenvalue weighted by molar-refractivity contribution is 0.390. The fourth-order valence-electron chi connectivity index (χ4n) is 2.39. The summed E-state index contributed by atoms with van der Waals surface area (Å²) in [5, 5.41) is 4.42. The van der Waals surface area contributed by atoms with Crippen molar-refractivity contribution in [2.24, 2.45) is 0 Å². The minimum Gasteiger partial charge on any atom is -0.459 e. The predicted octanol–water partition coefficient (Wildman–Crippen LogP) is 2.34. The van der Waals surface area contributed by atoms with Crippen molar-refractivity contribution in [2.45, 2.75) is 19.5 Å². The molecule has 0 amide bonds. The zero-order valence-electron chi connectivity index (χ0n) is 11.8. The standard InChI is InChI=1S/C16H17N3O2/c1-2-18-13(10-19-11-17-8-7-16(19)20)15-9-12-5-3-4-6-14(12)21-15/h3-9,11,13,18H,2,10H2,1H3. The lowest BCUT2D eigenvalue weighted by Crippen LogP contribution is -2.29. The number of likely N-dealkylation sites (N-methyl/N-ethyl adjacent to an activating group) is 1. The quantitative estimate of drug-likeness (QED) is 0.780. The van der Waals surface area contributed by atoms with E-state index < -0.39 is 0 Å². The third kappa shape index (κ3) is 2.87. The summed E-state index contributed by atoms with van der Waals surface area (Å²) >= 11 is 0. The summed E-state index contributed by atoms with van der Waals surface area (Å²) in [5.41, 5.74) is 0.790. The summed E-state index contributed by atoms with van der Waals surface area (Å²) in [6.45, 7) is 3.30. The van der Waals surface area contributed by atoms with E-state index in [4.69, 9.17) is 4.42 Å². The van der Waals surface area contributed by atoms with E-state index in [9.17, 15) is 4.79 Å². The number of hydrogen-bond acceptors (Lipinski definition) is 4. The Balaban J connectivity index is 1.94. The Bertz CT molecular complexity index is 758. The van der Waals surface area contributed by atoms with Gasteiger partial charge in [-0.1, -0.05) is 25.1 Å². The molecular formula is C16H17N3O2. The number of nitrogens with one attached hydrogen (secondary N) is 1. The first-order valence-corrected chi connectivity index (χ1v) is 7.00. The molecule has 3 aromatic rings. The summed E-state index contributed by atoms with van der Waals surface area (Å²) in [4.78, 5) is 15.8. The lowest BCUT2D eigenvalue weighted by atomic mass is 10.2. The van der Waals surface area contributed by atoms with Crippen LogP contribution in [0.15, 0.2) is 58.1 Å². The number of rotatable bonds is 5. The molecule has 1 unspecified atom stereocenters. The molecule has 5 heteroatoms. The number of benzene rings is 1. The fraction of sp³-hybridized carbons (Fsp3) is 0.250. The zero-order chi connectivity index (χ0) is 14.7. The van der Waals surface area contributed by atoms with Crippen molar-refractivity contribution < 1.29 is 4.42 Å². The van der Waals surface area contributed by atoms with Crippen molar-refractivity contribution in [1.82, 2.24) is 14.9 Å². The van der Waals surface area contributed by atoms with Crippen LogP contribution in [0, 0.1) is 0 Å². The van der Waals surface area contributed by atoms with Crippen LogP contribution in [0.1, 0.15) is 18.7 Å². The summed E-state index contributed by atoms with van der Waals surface area (Å²) in [5.74, 6) is 0.828. The molecule has 0 aliphatic carbocycles. The number of fused-ring (bicyclic) bond motifs is 1. The number of para-hydroxylation sites is 1. The summed E-state index contributed by atoms with van der Waals surface area (Å²) < 4.78 is 7.48. The molecule has 2 aromatic heterocycles. The van der Waals surface area contributed by atoms with E-state index >= 15 is 0 Å². The smallest absolute Gasteiger partial charge is 0.253 e. The van der Waals surface area contributed by atoms with Crippen LogP contribution in [0.25, 0.3) is 11.0 Å². The molecule has 0 aliphatic heterocycles. The summed E-state index contributed by atoms with van der Waals surface area (Å²) in [6, 6.07) is 11.3. The van der Waals surface area contributed by atoms with Crippen LogP contribution in [0.3, 0.4) is 0 Å². The first kappa shape index (κ1) is 13.6. The summed E-state index contributed by atoms with van der Waals surface area (Å²) in [6.07, 6.45) is 3.05. The average Bonchev–Trinajstić information content (AvgIpc) is 2.93. The molecule has 0 spiro atoms. The number of hydrogen-bond donors (Lipinski definition) is 1. The third-order valence-electron chi connectivity index (χ3n) is 3.41. The Morgan fingerprint density at radius 2 is 2.19 bits per heavy atom. The van der Waals surface area contributed by atoms with Gasteiger partial charge in [-0.05, 0) is 18.7 Å². The van der Waals surface area contributed by atoms with Gasteiger partial charge in [0.15, 0.2) is 0 Å². The van der Waals surface area contributed by atoms with Crippen LogP contribution < -0.4 is 10.9 Å². The number of furan rings is 1. The van der Waals surface area contributed by atoms with E-state index in [-0.39, 0.29) is 11.6 Å². The second-order valence-electron chi connectivity index (χ2n) is 4.87. The van der Waals surface area contributed by atoms with Crippen molar-refractivity contribution in [1.29, 1.82) is 0 Å². The molecule has 1 atom stereocenters. The van der Waals surface area contributed by atoms with E-state index in [0.29, 0.717) is 6.54 Å². The van der Waals surface area contributed by atoms with Gasteiger partial charge in [0.25, 0.3) is 5.56 Å². The lowest BCUT2D eigenvalue weighted by Gasteiger charge is -2.16. The van der Waals surface area contributed by atoms with Crippen molar-refractivity contribution in [3.8, 4) is 0 Å². The van der Waals surface area contributed by atoms with E-state index in [1.165, 1.54) is 12.3 Å². The van der Waals surface area contributed by atoms with Crippen molar-refractivity contribution in [3.63, 3.8) is 0 Å². The van der Waals surface area contributed by atoms with Gasteiger partial charge in [0, 0.05) is 24.2 Å². The SMILES string of the molecule is CCNC(Cn1cnccc1=O)c1cc2ccccc2o1. The monoisotopic (exact) mass is 283 g/mol. The minimum absolute atomic E-state index is 0.0655. The molecule has 21 heavy (non-hydrogen) atoms. The van der Waals surface area contributed by atoms with Gasteiger partial charge < -0.3 is 9.73 Å². The maximum atomic E-state index is 11.8. The van der Waals surface area contributed by atoms with E-state index in [1.54, 1.807) is 10.9 Å². The molecule has 3 rings (SSSR count). The van der Waals surface area contributed by atoms with Gasteiger partial charge in [-0.3, -0.25) is 9.36 Å². The Morgan fingerprint density at radius 3 is 2.95 bits per heavy atom. The highest BCUT2D eigenvalue weighted by Crippen LogP contribution is 2.24. The molecule has 108 valence electrons. The molecule has 0 radical (unpaired) electrons. The van der Waals surface area contributed by atoms with Gasteiger partial charge >= 0.3 is 0 Å². The van der Waals surface area contributed by atoms with Crippen molar-refractivity contribution in [3.05, 3.63) is 65.0 Å². The van der Waals surface area contributed by atoms with Crippen molar-refractivity contribution >= 4 is 11.0 Å². The Morgan fingerprint density at radius 1 is 1.33 bits per heavy atom. The molecule has 0 saturated heterocycles. The molecule has 0 saturated carbocycles. The number of nitrogens with zero attached hydrogens (tertiary/aromatic N) is 2. The molecule has 1 aromatic carbocycles. The first-order valence-electron chi connectivity index (χ1n) is 7.00. The Kier molecular flexibility index (Phi) is 3.83. The van der Waals surface area contributed by atoms with Crippen LogP contribution in [-0.2, 0) is 6.54 Å². The Labute approximate surface area is 122 Å². The predicted molar refractivity (Wildman–Crippen MR) is 81.1 cm³/mol. The maximum Gasteiger partial charge on any atom is 0.253 e. The second-order valence-corrected chi connectivity index (χ2v) is 4.87. The molecule has 1 N–H and O–H groups in total. The summed E-state index contributed by atoms with van der Waals surface area (Å²) in [7, 11) is 0. The highest BCUT2D eigenvalue weighted by Gasteiger charge is 2.16. The van der Waals surface area contributed by atoms with E-state index in [0.717, 1.165) is 23.3 Å². The topological polar surface area (TPSA) is 60.1 Å². The second kappa shape index (κ2) is 5.93. The average molecular weight is 283 g/mol. The van der Waals surface area contributed by atoms with Gasteiger partial charge in [-0.15, -0.1) is 0 Å². The number of aromatic nitrogens is 2. The van der Waals surface area contributed by atoms with Crippen LogP contribution >= 0.6 is 0 Å². The first-order chi connectivity index (χ1) is 10.3. The molecule has 0 aliphatic rings. The highest BCUT2D eigenvalue weighted by atomic mass is 16.3. The van der Waals surface area contributed by atoms with Gasteiger partial charge in [0.2, 0.25) is 0 Å². The van der Waals surface area contributed by atoms with Crippen LogP contribution in [0.5, 0.6) is 0 Å². The maximum absolute atomic E-state index is 11.8. The van der Waals surface area contributed by atoms with E-state index in [2.05, 4.69) is 10.3 Å². The fourth-order valence-corrected chi connectivity index (χ4v) is 2.39. The molecule has 5 nitrogen and oxygen atoms in total. The third-order valence-corrected chi connectivity index (χ3v) is 3.41. The highest BCUT2D eigenvalue weighted by molar-refractivity contribution is 5.77. The molecule has 2 heterocycles. The largest absolute Gasteiger partial charge is 0.459 e. The molecule has 0 fully saturated rings.